The minimum atomic E-state index is -0.597. The summed E-state index contributed by atoms with van der Waals surface area (Å²) in [6, 6.07) is 8.55. The number of carbonyl (C=O) groups is 1. The van der Waals surface area contributed by atoms with Crippen LogP contribution in [0.2, 0.25) is 0 Å². The first-order chi connectivity index (χ1) is 13.7. The molecule has 28 heavy (non-hydrogen) atoms. The van der Waals surface area contributed by atoms with Gasteiger partial charge in [0.2, 0.25) is 5.95 Å². The monoisotopic (exact) mass is 379 g/mol. The van der Waals surface area contributed by atoms with Gasteiger partial charge in [-0.3, -0.25) is 15.0 Å². The predicted octanol–water partition coefficient (Wildman–Crippen LogP) is 2.99. The highest BCUT2D eigenvalue weighted by molar-refractivity contribution is 6.03. The fourth-order valence-electron chi connectivity index (χ4n) is 4.07. The maximum atomic E-state index is 11.3. The third-order valence-electron chi connectivity index (χ3n) is 5.69. The molecule has 2 N–H and O–H groups in total. The molecule has 0 radical (unpaired) electrons. The lowest BCUT2D eigenvalue weighted by atomic mass is 9.90. The summed E-state index contributed by atoms with van der Waals surface area (Å²) in [5.74, 6) is 0.776. The van der Waals surface area contributed by atoms with Crippen LogP contribution in [0.15, 0.2) is 41.7 Å². The van der Waals surface area contributed by atoms with E-state index in [1.165, 1.54) is 42.1 Å². The van der Waals surface area contributed by atoms with E-state index in [2.05, 4.69) is 39.1 Å². The maximum Gasteiger partial charge on any atom is 0.277 e. The Morgan fingerprint density at radius 1 is 1.18 bits per heavy atom. The van der Waals surface area contributed by atoms with Crippen molar-refractivity contribution in [3.63, 3.8) is 0 Å². The molecule has 0 bridgehead atoms. The number of hydrogen-bond donors (Lipinski definition) is 2. The number of anilines is 1. The predicted molar refractivity (Wildman–Crippen MR) is 107 cm³/mol. The number of hydrogen-bond acceptors (Lipinski definition) is 6. The third-order valence-corrected chi connectivity index (χ3v) is 5.69. The zero-order valence-corrected chi connectivity index (χ0v) is 15.8. The number of carbonyl (C=O) groups excluding carboxylic acids is 1. The molecular formula is C21H25N5O2. The molecule has 0 spiro atoms. The minimum Gasteiger partial charge on any atom is -0.341 e. The van der Waals surface area contributed by atoms with E-state index >= 15 is 0 Å². The third kappa shape index (κ3) is 4.04. The van der Waals surface area contributed by atoms with Crippen LogP contribution in [-0.2, 0) is 6.54 Å². The molecule has 1 fully saturated rings. The second kappa shape index (κ2) is 8.48. The van der Waals surface area contributed by atoms with E-state index in [4.69, 9.17) is 10.2 Å². The second-order valence-corrected chi connectivity index (χ2v) is 7.46. The summed E-state index contributed by atoms with van der Waals surface area (Å²) in [6.45, 7) is 2.70. The molecule has 0 aliphatic carbocycles. The van der Waals surface area contributed by atoms with Crippen molar-refractivity contribution in [1.29, 1.82) is 0 Å². The van der Waals surface area contributed by atoms with Crippen LogP contribution in [0, 0.1) is 5.92 Å². The molecule has 7 heteroatoms. The number of nitrogens with one attached hydrogen (secondary N) is 1. The Morgan fingerprint density at radius 2 is 1.93 bits per heavy atom. The summed E-state index contributed by atoms with van der Waals surface area (Å²) >= 11 is 0. The molecule has 0 unspecified atom stereocenters. The highest BCUT2D eigenvalue weighted by atomic mass is 16.5. The summed E-state index contributed by atoms with van der Waals surface area (Å²) in [4.78, 5) is 26.7. The molecule has 1 aromatic heterocycles. The fraction of sp³-hybridized carbons (Fsp3) is 0.429. The Morgan fingerprint density at radius 3 is 2.68 bits per heavy atom. The van der Waals surface area contributed by atoms with Crippen molar-refractivity contribution in [2.45, 2.75) is 38.6 Å². The van der Waals surface area contributed by atoms with Gasteiger partial charge < -0.3 is 4.90 Å². The molecule has 7 nitrogen and oxygen atoms in total. The number of hydroxylamine groups is 1. The van der Waals surface area contributed by atoms with Crippen molar-refractivity contribution < 1.29 is 10.0 Å². The van der Waals surface area contributed by atoms with Crippen LogP contribution in [0.1, 0.15) is 53.6 Å². The molecule has 0 saturated carbocycles. The molecule has 3 heterocycles. The number of amides is 1. The fourth-order valence-corrected chi connectivity index (χ4v) is 4.07. The summed E-state index contributed by atoms with van der Waals surface area (Å²) in [6.07, 6.45) is 8.62. The summed E-state index contributed by atoms with van der Waals surface area (Å²) < 4.78 is 0. The first kappa shape index (κ1) is 18.6. The number of aliphatic imine (C=N–C) groups is 1. The van der Waals surface area contributed by atoms with Crippen molar-refractivity contribution in [1.82, 2.24) is 15.4 Å². The number of benzene rings is 1. The maximum absolute atomic E-state index is 11.3. The lowest BCUT2D eigenvalue weighted by molar-refractivity contribution is 0.0705. The van der Waals surface area contributed by atoms with Crippen LogP contribution in [0.5, 0.6) is 0 Å². The molecule has 1 aromatic carbocycles. The molecule has 0 atom stereocenters. The van der Waals surface area contributed by atoms with Crippen molar-refractivity contribution in [3.05, 3.63) is 53.3 Å². The van der Waals surface area contributed by atoms with Crippen molar-refractivity contribution in [2.75, 3.05) is 18.0 Å². The van der Waals surface area contributed by atoms with Gasteiger partial charge in [0, 0.05) is 36.8 Å². The number of aromatic nitrogens is 2. The SMILES string of the molecule is O=C(NO)c1cnc(N2CCC(CCCC3=NCc4ccccc43)CC2)nc1. The molecule has 146 valence electrons. The van der Waals surface area contributed by atoms with Gasteiger partial charge in [-0.1, -0.05) is 24.3 Å². The van der Waals surface area contributed by atoms with E-state index in [0.29, 0.717) is 5.95 Å². The van der Waals surface area contributed by atoms with Gasteiger partial charge in [0.25, 0.3) is 5.91 Å². The zero-order chi connectivity index (χ0) is 19.3. The Labute approximate surface area is 164 Å². The first-order valence-electron chi connectivity index (χ1n) is 9.87. The van der Waals surface area contributed by atoms with E-state index in [0.717, 1.165) is 44.8 Å². The van der Waals surface area contributed by atoms with Gasteiger partial charge in [0.15, 0.2) is 0 Å². The van der Waals surface area contributed by atoms with Gasteiger partial charge in [0.05, 0.1) is 12.1 Å². The number of nitrogens with zero attached hydrogens (tertiary/aromatic N) is 4. The van der Waals surface area contributed by atoms with E-state index in [1.54, 1.807) is 5.48 Å². The van der Waals surface area contributed by atoms with E-state index in [9.17, 15) is 4.79 Å². The molecule has 4 rings (SSSR count). The van der Waals surface area contributed by atoms with Crippen LogP contribution < -0.4 is 10.4 Å². The quantitative estimate of drug-likeness (QED) is 0.595. The number of fused-ring (bicyclic) bond motifs is 1. The molecule has 2 aliphatic heterocycles. The summed E-state index contributed by atoms with van der Waals surface area (Å²) in [5.41, 5.74) is 5.81. The van der Waals surface area contributed by atoms with E-state index < -0.39 is 5.91 Å². The molecule has 2 aromatic rings. The second-order valence-electron chi connectivity index (χ2n) is 7.46. The minimum absolute atomic E-state index is 0.248. The van der Waals surface area contributed by atoms with Gasteiger partial charge in [-0.2, -0.15) is 0 Å². The van der Waals surface area contributed by atoms with Gasteiger partial charge in [-0.25, -0.2) is 15.4 Å². The van der Waals surface area contributed by atoms with Crippen molar-refractivity contribution >= 4 is 17.6 Å². The lowest BCUT2D eigenvalue weighted by Gasteiger charge is -2.32. The van der Waals surface area contributed by atoms with Crippen LogP contribution in [0.4, 0.5) is 5.95 Å². The number of piperidine rings is 1. The van der Waals surface area contributed by atoms with Crippen LogP contribution in [0.3, 0.4) is 0 Å². The Kier molecular flexibility index (Phi) is 5.62. The zero-order valence-electron chi connectivity index (χ0n) is 15.8. The number of rotatable bonds is 6. The molecular weight excluding hydrogens is 354 g/mol. The largest absolute Gasteiger partial charge is 0.341 e. The Hall–Kier alpha value is -2.80. The van der Waals surface area contributed by atoms with Crippen LogP contribution in [-0.4, -0.2) is 39.9 Å². The average Bonchev–Trinajstić information content (AvgIpc) is 3.17. The summed E-state index contributed by atoms with van der Waals surface area (Å²) in [5, 5.41) is 8.65. The normalized spacial score (nSPS) is 16.6. The van der Waals surface area contributed by atoms with Gasteiger partial charge in [-0.05, 0) is 43.6 Å². The van der Waals surface area contributed by atoms with Crippen LogP contribution in [0.25, 0.3) is 0 Å². The lowest BCUT2D eigenvalue weighted by Crippen LogP contribution is -2.35. The highest BCUT2D eigenvalue weighted by Gasteiger charge is 2.22. The Bertz CT molecular complexity index is 857. The first-order valence-corrected chi connectivity index (χ1v) is 9.87. The van der Waals surface area contributed by atoms with Crippen LogP contribution >= 0.6 is 0 Å². The van der Waals surface area contributed by atoms with Gasteiger partial charge in [0.1, 0.15) is 0 Å². The standard InChI is InChI=1S/C21H25N5O2/c27-20(25-28)17-13-23-21(24-14-17)26-10-8-15(9-11-26)4-3-7-19-18-6-2-1-5-16(18)12-22-19/h1-2,5-6,13-15,28H,3-4,7-12H2,(H,25,27). The van der Waals surface area contributed by atoms with Crippen molar-refractivity contribution in [3.8, 4) is 0 Å². The Balaban J connectivity index is 1.22. The average molecular weight is 379 g/mol. The van der Waals surface area contributed by atoms with Gasteiger partial charge >= 0.3 is 0 Å². The topological polar surface area (TPSA) is 90.7 Å². The molecule has 1 amide bonds. The van der Waals surface area contributed by atoms with Crippen molar-refractivity contribution in [2.24, 2.45) is 10.9 Å². The van der Waals surface area contributed by atoms with E-state index in [-0.39, 0.29) is 5.56 Å². The summed E-state index contributed by atoms with van der Waals surface area (Å²) in [7, 11) is 0. The molecule has 2 aliphatic rings. The van der Waals surface area contributed by atoms with Gasteiger partial charge in [-0.15, -0.1) is 0 Å². The smallest absolute Gasteiger partial charge is 0.277 e. The molecule has 1 saturated heterocycles. The highest BCUT2D eigenvalue weighted by Crippen LogP contribution is 2.27. The van der Waals surface area contributed by atoms with E-state index in [1.807, 2.05) is 0 Å².